The summed E-state index contributed by atoms with van der Waals surface area (Å²) in [6.45, 7) is 2.12. The summed E-state index contributed by atoms with van der Waals surface area (Å²) >= 11 is 0. The summed E-state index contributed by atoms with van der Waals surface area (Å²) < 4.78 is 0. The third kappa shape index (κ3) is 4.72. The van der Waals surface area contributed by atoms with Crippen LogP contribution in [0.15, 0.2) is 36.4 Å². The van der Waals surface area contributed by atoms with Crippen LogP contribution in [0, 0.1) is 0 Å². The van der Waals surface area contributed by atoms with Crippen LogP contribution in [0.3, 0.4) is 0 Å². The number of benzene rings is 1. The van der Waals surface area contributed by atoms with Crippen LogP contribution < -0.4 is 10.6 Å². The zero-order chi connectivity index (χ0) is 12.5. The molecule has 0 saturated carbocycles. The number of nitrogens with one attached hydrogen (secondary N) is 2. The van der Waals surface area contributed by atoms with Gasteiger partial charge in [0.2, 0.25) is 5.91 Å². The third-order valence-corrected chi connectivity index (χ3v) is 2.40. The van der Waals surface area contributed by atoms with Crippen molar-refractivity contribution in [1.82, 2.24) is 0 Å². The van der Waals surface area contributed by atoms with Crippen LogP contribution in [0.2, 0.25) is 0 Å². The van der Waals surface area contributed by atoms with E-state index in [1.54, 1.807) is 0 Å². The number of unbranched alkanes of at least 4 members (excludes halogenated alkanes) is 1. The lowest BCUT2D eigenvalue weighted by Gasteiger charge is -2.09. The molecule has 0 heterocycles. The summed E-state index contributed by atoms with van der Waals surface area (Å²) in [5, 5.41) is 5.93. The fourth-order valence-electron chi connectivity index (χ4n) is 1.49. The van der Waals surface area contributed by atoms with Crippen LogP contribution in [0.1, 0.15) is 26.2 Å². The number of anilines is 2. The van der Waals surface area contributed by atoms with Gasteiger partial charge < -0.3 is 10.6 Å². The van der Waals surface area contributed by atoms with E-state index >= 15 is 0 Å². The van der Waals surface area contributed by atoms with Crippen molar-refractivity contribution < 1.29 is 4.79 Å². The highest BCUT2D eigenvalue weighted by Crippen LogP contribution is 2.20. The molecule has 0 aromatic heterocycles. The first-order valence-corrected chi connectivity index (χ1v) is 5.99. The number of amides is 1. The van der Waals surface area contributed by atoms with Gasteiger partial charge in [0.15, 0.2) is 0 Å². The molecule has 0 atom stereocenters. The van der Waals surface area contributed by atoms with E-state index in [0.717, 1.165) is 24.2 Å². The van der Waals surface area contributed by atoms with Gasteiger partial charge in [0.05, 0.1) is 11.4 Å². The van der Waals surface area contributed by atoms with Gasteiger partial charge >= 0.3 is 0 Å². The normalized spacial score (nSPS) is 10.5. The minimum absolute atomic E-state index is 0.0139. The fourth-order valence-corrected chi connectivity index (χ4v) is 1.49. The summed E-state index contributed by atoms with van der Waals surface area (Å²) in [6.07, 6.45) is 6.53. The molecule has 2 N–H and O–H groups in total. The van der Waals surface area contributed by atoms with Crippen molar-refractivity contribution in [2.24, 2.45) is 0 Å². The van der Waals surface area contributed by atoms with Crippen molar-refractivity contribution in [3.63, 3.8) is 0 Å². The molecule has 0 spiro atoms. The van der Waals surface area contributed by atoms with Gasteiger partial charge in [-0.15, -0.1) is 0 Å². The monoisotopic (exact) mass is 232 g/mol. The van der Waals surface area contributed by atoms with Crippen molar-refractivity contribution in [2.75, 3.05) is 17.7 Å². The number of allylic oxidation sites excluding steroid dienone is 1. The topological polar surface area (TPSA) is 41.1 Å². The SMILES string of the molecule is CCCC=CCC(=O)Nc1ccccc1NC. The molecular formula is C14H20N2O. The maximum atomic E-state index is 11.7. The van der Waals surface area contributed by atoms with Gasteiger partial charge in [-0.1, -0.05) is 37.6 Å². The highest BCUT2D eigenvalue weighted by molar-refractivity contribution is 5.94. The Bertz CT molecular complexity index is 386. The van der Waals surface area contributed by atoms with E-state index in [2.05, 4.69) is 17.6 Å². The highest BCUT2D eigenvalue weighted by atomic mass is 16.1. The van der Waals surface area contributed by atoms with E-state index < -0.39 is 0 Å². The first-order chi connectivity index (χ1) is 8.27. The van der Waals surface area contributed by atoms with E-state index in [1.165, 1.54) is 0 Å². The Morgan fingerprint density at radius 3 is 2.59 bits per heavy atom. The summed E-state index contributed by atoms with van der Waals surface area (Å²) in [5.74, 6) is 0.0139. The molecule has 17 heavy (non-hydrogen) atoms. The molecule has 1 aromatic carbocycles. The minimum Gasteiger partial charge on any atom is -0.386 e. The van der Waals surface area contributed by atoms with E-state index in [9.17, 15) is 4.79 Å². The summed E-state index contributed by atoms with van der Waals surface area (Å²) in [4.78, 5) is 11.7. The smallest absolute Gasteiger partial charge is 0.228 e. The predicted octanol–water partition coefficient (Wildman–Crippen LogP) is 3.41. The first-order valence-electron chi connectivity index (χ1n) is 5.99. The van der Waals surface area contributed by atoms with Crippen LogP contribution in [0.4, 0.5) is 11.4 Å². The van der Waals surface area contributed by atoms with E-state index in [1.807, 2.05) is 43.5 Å². The third-order valence-electron chi connectivity index (χ3n) is 2.40. The predicted molar refractivity (Wildman–Crippen MR) is 73.3 cm³/mol. The highest BCUT2D eigenvalue weighted by Gasteiger charge is 2.03. The fraction of sp³-hybridized carbons (Fsp3) is 0.357. The van der Waals surface area contributed by atoms with Gasteiger partial charge in [0.25, 0.3) is 0 Å². The van der Waals surface area contributed by atoms with Gasteiger partial charge in [-0.3, -0.25) is 4.79 Å². The van der Waals surface area contributed by atoms with Crippen LogP contribution in [-0.2, 0) is 4.79 Å². The lowest BCUT2D eigenvalue weighted by Crippen LogP contribution is -2.11. The molecular weight excluding hydrogens is 212 g/mol. The lowest BCUT2D eigenvalue weighted by atomic mass is 10.2. The molecule has 0 bridgehead atoms. The summed E-state index contributed by atoms with van der Waals surface area (Å²) in [6, 6.07) is 7.66. The molecule has 1 aromatic rings. The number of carbonyl (C=O) groups is 1. The average Bonchev–Trinajstić information content (AvgIpc) is 2.35. The van der Waals surface area contributed by atoms with Gasteiger partial charge in [-0.25, -0.2) is 0 Å². The molecule has 3 nitrogen and oxygen atoms in total. The summed E-state index contributed by atoms with van der Waals surface area (Å²) in [7, 11) is 1.84. The number of hydrogen-bond donors (Lipinski definition) is 2. The van der Waals surface area contributed by atoms with E-state index in [0.29, 0.717) is 6.42 Å². The minimum atomic E-state index is 0.0139. The standard InChI is InChI=1S/C14H20N2O/c1-3-4-5-6-11-14(17)16-13-10-8-7-9-12(13)15-2/h5-10,15H,3-4,11H2,1-2H3,(H,16,17). The van der Waals surface area contributed by atoms with Gasteiger partial charge in [-0.05, 0) is 18.6 Å². The number of para-hydroxylation sites is 2. The van der Waals surface area contributed by atoms with Crippen molar-refractivity contribution in [3.05, 3.63) is 36.4 Å². The molecule has 0 aliphatic rings. The average molecular weight is 232 g/mol. The van der Waals surface area contributed by atoms with Crippen molar-refractivity contribution in [1.29, 1.82) is 0 Å². The molecule has 0 aliphatic carbocycles. The number of hydrogen-bond acceptors (Lipinski definition) is 2. The molecule has 0 unspecified atom stereocenters. The Labute approximate surface area is 103 Å². The van der Waals surface area contributed by atoms with Gasteiger partial charge in [-0.2, -0.15) is 0 Å². The van der Waals surface area contributed by atoms with E-state index in [-0.39, 0.29) is 5.91 Å². The maximum Gasteiger partial charge on any atom is 0.228 e. The van der Waals surface area contributed by atoms with Crippen LogP contribution in [-0.4, -0.2) is 13.0 Å². The Hall–Kier alpha value is -1.77. The van der Waals surface area contributed by atoms with Crippen molar-refractivity contribution in [3.8, 4) is 0 Å². The second-order valence-electron chi connectivity index (χ2n) is 3.81. The quantitative estimate of drug-likeness (QED) is 0.738. The largest absolute Gasteiger partial charge is 0.386 e. The van der Waals surface area contributed by atoms with E-state index in [4.69, 9.17) is 0 Å². The lowest BCUT2D eigenvalue weighted by molar-refractivity contribution is -0.115. The number of carbonyl (C=O) groups excluding carboxylic acids is 1. The zero-order valence-corrected chi connectivity index (χ0v) is 10.5. The molecule has 1 amide bonds. The molecule has 92 valence electrons. The van der Waals surface area contributed by atoms with Crippen molar-refractivity contribution >= 4 is 17.3 Å². The summed E-state index contributed by atoms with van der Waals surface area (Å²) in [5.41, 5.74) is 1.75. The molecule has 0 radical (unpaired) electrons. The molecule has 0 aliphatic heterocycles. The van der Waals surface area contributed by atoms with Crippen molar-refractivity contribution in [2.45, 2.75) is 26.2 Å². The number of rotatable bonds is 6. The zero-order valence-electron chi connectivity index (χ0n) is 10.5. The van der Waals surface area contributed by atoms with Crippen LogP contribution >= 0.6 is 0 Å². The second-order valence-corrected chi connectivity index (χ2v) is 3.81. The molecule has 1 rings (SSSR count). The van der Waals surface area contributed by atoms with Crippen LogP contribution in [0.5, 0.6) is 0 Å². The Kier molecular flexibility index (Phi) is 5.86. The molecule has 0 saturated heterocycles. The van der Waals surface area contributed by atoms with Gasteiger partial charge in [0, 0.05) is 13.5 Å². The Morgan fingerprint density at radius 1 is 1.24 bits per heavy atom. The van der Waals surface area contributed by atoms with Crippen LogP contribution in [0.25, 0.3) is 0 Å². The molecule has 3 heteroatoms. The maximum absolute atomic E-state index is 11.7. The second kappa shape index (κ2) is 7.49. The van der Waals surface area contributed by atoms with Gasteiger partial charge in [0.1, 0.15) is 0 Å². The first kappa shape index (κ1) is 13.3. The Morgan fingerprint density at radius 2 is 1.94 bits per heavy atom. The Balaban J connectivity index is 2.50. The molecule has 0 fully saturated rings.